The molecule has 0 aliphatic carbocycles. The van der Waals surface area contributed by atoms with E-state index < -0.39 is 41.8 Å². The van der Waals surface area contributed by atoms with E-state index >= 15 is 0 Å². The number of amides is 1. The Hall–Kier alpha value is -2.32. The minimum absolute atomic E-state index is 0.383. The van der Waals surface area contributed by atoms with Gasteiger partial charge >= 0.3 is 12.1 Å². The van der Waals surface area contributed by atoms with Crippen LogP contribution in [0, 0.1) is 0 Å². The first kappa shape index (κ1) is 14.7. The predicted molar refractivity (Wildman–Crippen MR) is 55.0 cm³/mol. The number of hydrogen-bond acceptors (Lipinski definition) is 5. The van der Waals surface area contributed by atoms with Gasteiger partial charge in [0.05, 0.1) is 5.56 Å². The fourth-order valence-electron chi connectivity index (χ4n) is 1.07. The largest absolute Gasteiger partial charge is 0.505 e. The van der Waals surface area contributed by atoms with Crippen LogP contribution in [0.4, 0.5) is 13.2 Å². The van der Waals surface area contributed by atoms with E-state index in [1.807, 2.05) is 5.32 Å². The summed E-state index contributed by atoms with van der Waals surface area (Å²) in [6.45, 7) is 0.635. The fourth-order valence-corrected chi connectivity index (χ4v) is 1.07. The predicted octanol–water partition coefficient (Wildman–Crippen LogP) is 1.06. The van der Waals surface area contributed by atoms with Crippen molar-refractivity contribution in [1.29, 1.82) is 0 Å². The van der Waals surface area contributed by atoms with Crippen LogP contribution in [-0.2, 0) is 15.7 Å². The molecule has 0 radical (unpaired) electrons. The Labute approximate surface area is 105 Å². The van der Waals surface area contributed by atoms with Crippen molar-refractivity contribution in [3.05, 3.63) is 23.5 Å². The summed E-state index contributed by atoms with van der Waals surface area (Å²) in [5, 5.41) is 11.3. The normalized spacial score (nSPS) is 10.9. The first-order chi connectivity index (χ1) is 8.71. The van der Waals surface area contributed by atoms with Gasteiger partial charge in [-0.2, -0.15) is 13.2 Å². The third-order valence-electron chi connectivity index (χ3n) is 1.92. The lowest BCUT2D eigenvalue weighted by atomic mass is 10.2. The van der Waals surface area contributed by atoms with E-state index in [0.717, 1.165) is 6.92 Å². The molecule has 0 unspecified atom stereocenters. The molecule has 1 amide bonds. The van der Waals surface area contributed by atoms with E-state index in [9.17, 15) is 27.9 Å². The molecule has 0 saturated heterocycles. The highest BCUT2D eigenvalue weighted by Gasteiger charge is 2.32. The van der Waals surface area contributed by atoms with Crippen LogP contribution in [0.1, 0.15) is 23.0 Å². The fraction of sp³-hybridized carbons (Fsp3) is 0.300. The van der Waals surface area contributed by atoms with Crippen LogP contribution in [0.25, 0.3) is 0 Å². The highest BCUT2D eigenvalue weighted by molar-refractivity contribution is 5.94. The van der Waals surface area contributed by atoms with Gasteiger partial charge in [-0.15, -0.1) is 0 Å². The molecule has 1 rings (SSSR count). The van der Waals surface area contributed by atoms with Crippen molar-refractivity contribution in [3.63, 3.8) is 0 Å². The van der Waals surface area contributed by atoms with Crippen molar-refractivity contribution in [2.75, 3.05) is 6.73 Å². The number of nitrogens with one attached hydrogen (secondary N) is 1. The van der Waals surface area contributed by atoms with Crippen molar-refractivity contribution >= 4 is 11.9 Å². The van der Waals surface area contributed by atoms with Crippen molar-refractivity contribution in [1.82, 2.24) is 10.3 Å². The topological polar surface area (TPSA) is 88.5 Å². The summed E-state index contributed by atoms with van der Waals surface area (Å²) in [7, 11) is 0. The Kier molecular flexibility index (Phi) is 4.30. The first-order valence-corrected chi connectivity index (χ1v) is 4.89. The summed E-state index contributed by atoms with van der Waals surface area (Å²) >= 11 is 0. The van der Waals surface area contributed by atoms with Gasteiger partial charge in [0.1, 0.15) is 5.75 Å². The zero-order valence-electron chi connectivity index (χ0n) is 9.61. The van der Waals surface area contributed by atoms with Gasteiger partial charge in [0, 0.05) is 13.1 Å². The van der Waals surface area contributed by atoms with Gasteiger partial charge in [-0.3, -0.25) is 9.59 Å². The molecule has 104 valence electrons. The zero-order chi connectivity index (χ0) is 14.6. The Morgan fingerprint density at radius 1 is 1.47 bits per heavy atom. The molecular formula is C10H9F3N2O4. The van der Waals surface area contributed by atoms with Gasteiger partial charge < -0.3 is 15.2 Å². The molecule has 0 aromatic carbocycles. The van der Waals surface area contributed by atoms with Crippen molar-refractivity contribution < 1.29 is 32.6 Å². The molecule has 0 saturated carbocycles. The Morgan fingerprint density at radius 3 is 2.58 bits per heavy atom. The smallest absolute Gasteiger partial charge is 0.418 e. The van der Waals surface area contributed by atoms with Crippen molar-refractivity contribution in [2.45, 2.75) is 13.1 Å². The summed E-state index contributed by atoms with van der Waals surface area (Å²) in [4.78, 5) is 25.0. The monoisotopic (exact) mass is 278 g/mol. The van der Waals surface area contributed by atoms with Gasteiger partial charge in [0.25, 0.3) is 5.91 Å². The van der Waals surface area contributed by atoms with Crippen LogP contribution in [0.15, 0.2) is 12.3 Å². The molecule has 0 spiro atoms. The van der Waals surface area contributed by atoms with Gasteiger partial charge in [-0.1, -0.05) is 0 Å². The highest BCUT2D eigenvalue weighted by Crippen LogP contribution is 2.31. The van der Waals surface area contributed by atoms with Crippen LogP contribution >= 0.6 is 0 Å². The number of carbonyl (C=O) groups is 2. The van der Waals surface area contributed by atoms with Gasteiger partial charge in [-0.05, 0) is 6.07 Å². The number of pyridine rings is 1. The number of hydrogen-bond donors (Lipinski definition) is 2. The Morgan fingerprint density at radius 2 is 2.11 bits per heavy atom. The zero-order valence-corrected chi connectivity index (χ0v) is 9.61. The van der Waals surface area contributed by atoms with Crippen LogP contribution in [0.2, 0.25) is 0 Å². The summed E-state index contributed by atoms with van der Waals surface area (Å²) < 4.78 is 41.2. The second-order valence-corrected chi connectivity index (χ2v) is 3.38. The van der Waals surface area contributed by atoms with E-state index in [4.69, 9.17) is 0 Å². The molecule has 19 heavy (non-hydrogen) atoms. The third kappa shape index (κ3) is 4.12. The number of aromatic nitrogens is 1. The number of ether oxygens (including phenoxy) is 1. The Bertz CT molecular complexity index is 502. The number of aromatic hydroxyl groups is 1. The number of nitrogens with zero attached hydrogens (tertiary/aromatic N) is 1. The number of alkyl halides is 3. The average molecular weight is 278 g/mol. The maximum Gasteiger partial charge on any atom is 0.418 e. The highest BCUT2D eigenvalue weighted by atomic mass is 19.4. The molecule has 0 bridgehead atoms. The molecule has 0 fully saturated rings. The van der Waals surface area contributed by atoms with Gasteiger partial charge in [-0.25, -0.2) is 4.98 Å². The van der Waals surface area contributed by atoms with E-state index in [0.29, 0.717) is 12.3 Å². The van der Waals surface area contributed by atoms with Crippen LogP contribution in [0.5, 0.6) is 5.75 Å². The number of esters is 1. The lowest BCUT2D eigenvalue weighted by Gasteiger charge is -2.09. The SMILES string of the molecule is CC(=O)OCNC(=O)c1ncc(C(F)(F)F)cc1O. The van der Waals surface area contributed by atoms with E-state index in [-0.39, 0.29) is 0 Å². The molecule has 2 N–H and O–H groups in total. The van der Waals surface area contributed by atoms with E-state index in [1.165, 1.54) is 0 Å². The van der Waals surface area contributed by atoms with E-state index in [1.54, 1.807) is 0 Å². The molecule has 1 heterocycles. The summed E-state index contributed by atoms with van der Waals surface area (Å²) in [5.74, 6) is -2.53. The molecule has 0 atom stereocenters. The summed E-state index contributed by atoms with van der Waals surface area (Å²) in [6.07, 6.45) is -4.25. The van der Waals surface area contributed by atoms with Crippen molar-refractivity contribution in [2.24, 2.45) is 0 Å². The van der Waals surface area contributed by atoms with Gasteiger partial charge in [0.2, 0.25) is 0 Å². The number of halogens is 3. The maximum absolute atomic E-state index is 12.3. The summed E-state index contributed by atoms with van der Waals surface area (Å²) in [6, 6.07) is 0.383. The molecule has 1 aromatic rings. The summed E-state index contributed by atoms with van der Waals surface area (Å²) in [5.41, 5.74) is -1.78. The molecule has 0 aliphatic rings. The lowest BCUT2D eigenvalue weighted by molar-refractivity contribution is -0.141. The molecule has 0 aliphatic heterocycles. The molecule has 6 nitrogen and oxygen atoms in total. The van der Waals surface area contributed by atoms with E-state index in [2.05, 4.69) is 9.72 Å². The van der Waals surface area contributed by atoms with Crippen LogP contribution < -0.4 is 5.32 Å². The quantitative estimate of drug-likeness (QED) is 0.637. The first-order valence-electron chi connectivity index (χ1n) is 4.89. The average Bonchev–Trinajstić information content (AvgIpc) is 2.26. The standard InChI is InChI=1S/C10H9F3N2O4/c1-5(16)19-4-15-9(18)8-7(17)2-6(3-14-8)10(11,12)13/h2-3,17H,4H2,1H3,(H,15,18). The lowest BCUT2D eigenvalue weighted by Crippen LogP contribution is -2.28. The van der Waals surface area contributed by atoms with Crippen LogP contribution in [0.3, 0.4) is 0 Å². The molecular weight excluding hydrogens is 269 g/mol. The van der Waals surface area contributed by atoms with Gasteiger partial charge in [0.15, 0.2) is 12.4 Å². The minimum Gasteiger partial charge on any atom is -0.505 e. The third-order valence-corrected chi connectivity index (χ3v) is 1.92. The second-order valence-electron chi connectivity index (χ2n) is 3.38. The van der Waals surface area contributed by atoms with Crippen molar-refractivity contribution in [3.8, 4) is 5.75 Å². The maximum atomic E-state index is 12.3. The Balaban J connectivity index is 2.79. The number of rotatable bonds is 3. The number of carbonyl (C=O) groups excluding carboxylic acids is 2. The minimum atomic E-state index is -4.67. The molecule has 9 heteroatoms. The second kappa shape index (κ2) is 5.55. The van der Waals surface area contributed by atoms with Crippen LogP contribution in [-0.4, -0.2) is 28.7 Å². The molecule has 1 aromatic heterocycles.